The van der Waals surface area contributed by atoms with Crippen molar-refractivity contribution in [1.29, 1.82) is 0 Å². The molecule has 0 spiro atoms. The zero-order chi connectivity index (χ0) is 18.8. The third-order valence-electron chi connectivity index (χ3n) is 4.86. The van der Waals surface area contributed by atoms with Gasteiger partial charge in [0.25, 0.3) is 0 Å². The van der Waals surface area contributed by atoms with Gasteiger partial charge in [0.05, 0.1) is 38.4 Å². The third-order valence-corrected chi connectivity index (χ3v) is 4.86. The van der Waals surface area contributed by atoms with Gasteiger partial charge in [0.1, 0.15) is 0 Å². The zero-order valence-electron chi connectivity index (χ0n) is 16.5. The van der Waals surface area contributed by atoms with E-state index in [1.54, 1.807) is 14.2 Å². The summed E-state index contributed by atoms with van der Waals surface area (Å²) in [7, 11) is 3.22. The lowest BCUT2D eigenvalue weighted by atomic mass is 9.85. The average molecular weight is 349 g/mol. The minimum absolute atomic E-state index is 0.0511. The maximum Gasteiger partial charge on any atom is 0.230 e. The molecule has 1 heterocycles. The van der Waals surface area contributed by atoms with E-state index in [-0.39, 0.29) is 29.4 Å². The molecule has 1 aliphatic rings. The number of morpholine rings is 1. The van der Waals surface area contributed by atoms with Crippen LogP contribution in [0.15, 0.2) is 18.2 Å². The van der Waals surface area contributed by atoms with E-state index in [1.807, 2.05) is 30.0 Å². The van der Waals surface area contributed by atoms with Crippen molar-refractivity contribution in [2.75, 3.05) is 27.4 Å². The van der Waals surface area contributed by atoms with E-state index in [9.17, 15) is 4.79 Å². The van der Waals surface area contributed by atoms with Gasteiger partial charge in [-0.3, -0.25) is 4.79 Å². The Hall–Kier alpha value is -1.75. The maximum atomic E-state index is 13.5. The number of benzene rings is 1. The van der Waals surface area contributed by atoms with Crippen molar-refractivity contribution < 1.29 is 19.0 Å². The highest BCUT2D eigenvalue weighted by atomic mass is 16.5. The molecule has 1 amide bonds. The first-order valence-corrected chi connectivity index (χ1v) is 8.86. The van der Waals surface area contributed by atoms with E-state index in [0.717, 1.165) is 5.56 Å². The highest BCUT2D eigenvalue weighted by Crippen LogP contribution is 2.36. The van der Waals surface area contributed by atoms with E-state index in [4.69, 9.17) is 14.2 Å². The number of carbonyl (C=O) groups is 1. The van der Waals surface area contributed by atoms with Gasteiger partial charge in [-0.15, -0.1) is 0 Å². The molecule has 25 heavy (non-hydrogen) atoms. The van der Waals surface area contributed by atoms with Gasteiger partial charge in [-0.1, -0.05) is 19.9 Å². The van der Waals surface area contributed by atoms with Crippen LogP contribution in [0.25, 0.3) is 0 Å². The summed E-state index contributed by atoms with van der Waals surface area (Å²) in [5.41, 5.74) is 0.639. The van der Waals surface area contributed by atoms with Crippen LogP contribution in [-0.2, 0) is 9.53 Å². The molecule has 140 valence electrons. The molecule has 2 rings (SSSR count). The molecule has 5 nitrogen and oxygen atoms in total. The van der Waals surface area contributed by atoms with Crippen LogP contribution in [0, 0.1) is 5.92 Å². The number of rotatable bonds is 5. The van der Waals surface area contributed by atoms with Crippen LogP contribution in [0.2, 0.25) is 0 Å². The topological polar surface area (TPSA) is 48.0 Å². The largest absolute Gasteiger partial charge is 0.493 e. The summed E-state index contributed by atoms with van der Waals surface area (Å²) < 4.78 is 16.5. The van der Waals surface area contributed by atoms with Crippen LogP contribution in [0.4, 0.5) is 0 Å². The van der Waals surface area contributed by atoms with Gasteiger partial charge >= 0.3 is 0 Å². The fraction of sp³-hybridized carbons (Fsp3) is 0.650. The first kappa shape index (κ1) is 19.6. The SMILES string of the molecule is COc1ccc(C(C(=O)N2CC(C)OCC2(C)C)C(C)C)cc1OC. The highest BCUT2D eigenvalue weighted by molar-refractivity contribution is 5.85. The summed E-state index contributed by atoms with van der Waals surface area (Å²) >= 11 is 0. The monoisotopic (exact) mass is 349 g/mol. The van der Waals surface area contributed by atoms with Crippen LogP contribution in [0.3, 0.4) is 0 Å². The molecule has 1 saturated heterocycles. The van der Waals surface area contributed by atoms with Crippen molar-refractivity contribution in [3.05, 3.63) is 23.8 Å². The number of amides is 1. The standard InChI is InChI=1S/C20H31NO4/c1-13(2)18(15-8-9-16(23-6)17(10-15)24-7)19(22)21-11-14(3)25-12-20(21,4)5/h8-10,13-14,18H,11-12H2,1-7H3. The van der Waals surface area contributed by atoms with Crippen LogP contribution >= 0.6 is 0 Å². The summed E-state index contributed by atoms with van der Waals surface area (Å²) in [5.74, 6) is 1.39. The van der Waals surface area contributed by atoms with Crippen LogP contribution in [0.5, 0.6) is 11.5 Å². The molecule has 1 fully saturated rings. The second-order valence-corrected chi connectivity index (χ2v) is 7.72. The minimum atomic E-state index is -0.312. The maximum absolute atomic E-state index is 13.5. The molecule has 5 heteroatoms. The van der Waals surface area contributed by atoms with Gasteiger partial charge in [0.2, 0.25) is 5.91 Å². The number of ether oxygens (including phenoxy) is 3. The van der Waals surface area contributed by atoms with Crippen LogP contribution in [-0.4, -0.2) is 49.8 Å². The number of nitrogens with zero attached hydrogens (tertiary/aromatic N) is 1. The molecule has 0 radical (unpaired) electrons. The molecule has 1 aliphatic heterocycles. The summed E-state index contributed by atoms with van der Waals surface area (Å²) in [4.78, 5) is 15.4. The van der Waals surface area contributed by atoms with E-state index < -0.39 is 0 Å². The Morgan fingerprint density at radius 2 is 1.88 bits per heavy atom. The van der Waals surface area contributed by atoms with E-state index in [0.29, 0.717) is 24.7 Å². The first-order valence-electron chi connectivity index (χ1n) is 8.86. The number of hydrogen-bond acceptors (Lipinski definition) is 4. The molecule has 0 bridgehead atoms. The zero-order valence-corrected chi connectivity index (χ0v) is 16.5. The normalized spacial score (nSPS) is 21.1. The van der Waals surface area contributed by atoms with Gasteiger partial charge in [-0.25, -0.2) is 0 Å². The Morgan fingerprint density at radius 1 is 1.24 bits per heavy atom. The Labute approximate surface area is 151 Å². The van der Waals surface area contributed by atoms with Crippen molar-refractivity contribution >= 4 is 5.91 Å². The molecule has 1 aromatic rings. The lowest BCUT2D eigenvalue weighted by molar-refractivity contribution is -0.155. The fourth-order valence-electron chi connectivity index (χ4n) is 3.40. The van der Waals surface area contributed by atoms with E-state index in [1.165, 1.54) is 0 Å². The summed E-state index contributed by atoms with van der Waals surface area (Å²) in [6.45, 7) is 11.5. The van der Waals surface area contributed by atoms with Crippen molar-refractivity contribution in [2.45, 2.75) is 52.2 Å². The molecule has 0 N–H and O–H groups in total. The molecule has 2 unspecified atom stereocenters. The summed E-state index contributed by atoms with van der Waals surface area (Å²) in [6.07, 6.45) is 0.0511. The molecule has 0 aromatic heterocycles. The molecular weight excluding hydrogens is 318 g/mol. The quantitative estimate of drug-likeness (QED) is 0.817. The van der Waals surface area contributed by atoms with Gasteiger partial charge in [-0.05, 0) is 44.4 Å². The molecule has 1 aromatic carbocycles. The third kappa shape index (κ3) is 4.09. The van der Waals surface area contributed by atoms with Crippen molar-refractivity contribution in [3.63, 3.8) is 0 Å². The fourth-order valence-corrected chi connectivity index (χ4v) is 3.40. The molecule has 0 aliphatic carbocycles. The summed E-state index contributed by atoms with van der Waals surface area (Å²) in [5, 5.41) is 0. The van der Waals surface area contributed by atoms with Gasteiger partial charge < -0.3 is 19.1 Å². The van der Waals surface area contributed by atoms with Gasteiger partial charge in [0, 0.05) is 6.54 Å². The smallest absolute Gasteiger partial charge is 0.230 e. The summed E-state index contributed by atoms with van der Waals surface area (Å²) in [6, 6.07) is 5.74. The van der Waals surface area contributed by atoms with Crippen molar-refractivity contribution in [3.8, 4) is 11.5 Å². The molecule has 2 atom stereocenters. The predicted molar refractivity (Wildman–Crippen MR) is 98.3 cm³/mol. The highest BCUT2D eigenvalue weighted by Gasteiger charge is 2.40. The first-order chi connectivity index (χ1) is 11.7. The molecule has 0 saturated carbocycles. The van der Waals surface area contributed by atoms with Crippen molar-refractivity contribution in [2.24, 2.45) is 5.92 Å². The van der Waals surface area contributed by atoms with Gasteiger partial charge in [0.15, 0.2) is 11.5 Å². The average Bonchev–Trinajstić information content (AvgIpc) is 2.56. The Kier molecular flexibility index (Phi) is 5.99. The lowest BCUT2D eigenvalue weighted by Gasteiger charge is -2.46. The van der Waals surface area contributed by atoms with E-state index in [2.05, 4.69) is 27.7 Å². The Balaban J connectivity index is 2.39. The van der Waals surface area contributed by atoms with Crippen LogP contribution in [0.1, 0.15) is 46.1 Å². The Morgan fingerprint density at radius 3 is 2.44 bits per heavy atom. The second kappa shape index (κ2) is 7.65. The molecular formula is C20H31NO4. The number of methoxy groups -OCH3 is 2. The number of hydrogen-bond donors (Lipinski definition) is 0. The van der Waals surface area contributed by atoms with Crippen molar-refractivity contribution in [1.82, 2.24) is 4.90 Å². The Bertz CT molecular complexity index is 612. The van der Waals surface area contributed by atoms with Crippen LogP contribution < -0.4 is 9.47 Å². The number of carbonyl (C=O) groups excluding carboxylic acids is 1. The lowest BCUT2D eigenvalue weighted by Crippen LogP contribution is -2.59. The van der Waals surface area contributed by atoms with Gasteiger partial charge in [-0.2, -0.15) is 0 Å². The minimum Gasteiger partial charge on any atom is -0.493 e. The predicted octanol–water partition coefficient (Wildman–Crippen LogP) is 3.47. The van der Waals surface area contributed by atoms with E-state index >= 15 is 0 Å². The second-order valence-electron chi connectivity index (χ2n) is 7.72.